The third kappa shape index (κ3) is 4.67. The number of rotatable bonds is 7. The number of hydrogen-bond donors (Lipinski definition) is 2. The summed E-state index contributed by atoms with van der Waals surface area (Å²) in [7, 11) is -3.75. The van der Waals surface area contributed by atoms with Crippen LogP contribution in [0.5, 0.6) is 0 Å². The van der Waals surface area contributed by atoms with Crippen molar-refractivity contribution in [2.45, 2.75) is 38.1 Å². The van der Waals surface area contributed by atoms with Crippen molar-refractivity contribution in [3.8, 4) is 0 Å². The molecule has 0 spiro atoms. The first-order chi connectivity index (χ1) is 13.3. The molecular weight excluding hydrogens is 398 g/mol. The highest BCUT2D eigenvalue weighted by Crippen LogP contribution is 2.25. The molecule has 9 heteroatoms. The largest absolute Gasteiger partial charge is 0.468 e. The first kappa shape index (κ1) is 20.2. The summed E-state index contributed by atoms with van der Waals surface area (Å²) in [6.45, 7) is 5.87. The molecule has 0 aliphatic carbocycles. The Kier molecular flexibility index (Phi) is 5.97. The fourth-order valence-corrected chi connectivity index (χ4v) is 4.47. The van der Waals surface area contributed by atoms with Gasteiger partial charge >= 0.3 is 0 Å². The molecular formula is C19H21N3O4S2. The second kappa shape index (κ2) is 8.26. The monoisotopic (exact) mass is 419 g/mol. The van der Waals surface area contributed by atoms with Gasteiger partial charge in [0.2, 0.25) is 10.0 Å². The summed E-state index contributed by atoms with van der Waals surface area (Å²) < 4.78 is 32.6. The van der Waals surface area contributed by atoms with Crippen LogP contribution in [0.3, 0.4) is 0 Å². The first-order valence-electron chi connectivity index (χ1n) is 8.67. The smallest absolute Gasteiger partial charge is 0.267 e. The van der Waals surface area contributed by atoms with Crippen LogP contribution in [0.2, 0.25) is 0 Å². The number of aromatic nitrogens is 1. The fraction of sp³-hybridized carbons (Fsp3) is 0.263. The number of benzene rings is 1. The van der Waals surface area contributed by atoms with Crippen LogP contribution in [0.25, 0.3) is 0 Å². The number of amides is 1. The average molecular weight is 420 g/mol. The van der Waals surface area contributed by atoms with E-state index in [1.54, 1.807) is 31.2 Å². The molecule has 2 N–H and O–H groups in total. The van der Waals surface area contributed by atoms with Gasteiger partial charge in [-0.05, 0) is 37.3 Å². The number of hydrogen-bond acceptors (Lipinski definition) is 6. The molecule has 1 amide bonds. The van der Waals surface area contributed by atoms with E-state index in [1.807, 2.05) is 13.8 Å². The zero-order chi connectivity index (χ0) is 20.3. The Balaban J connectivity index is 1.75. The van der Waals surface area contributed by atoms with Gasteiger partial charge in [-0.3, -0.25) is 4.79 Å². The van der Waals surface area contributed by atoms with Crippen molar-refractivity contribution < 1.29 is 17.6 Å². The lowest BCUT2D eigenvalue weighted by atomic mass is 10.2. The molecule has 0 fully saturated rings. The standard InChI is InChI=1S/C19H21N3O4S2/c1-12(2)19-21-13(3)17(27-19)18(23)22-14-6-4-8-16(10-14)28(24,25)20-11-15-7-5-9-26-15/h4-10,12,20H,11H2,1-3H3,(H,22,23). The Bertz CT molecular complexity index is 1070. The quantitative estimate of drug-likeness (QED) is 0.605. The van der Waals surface area contributed by atoms with E-state index < -0.39 is 10.0 Å². The average Bonchev–Trinajstić information content (AvgIpc) is 3.30. The number of carbonyl (C=O) groups is 1. The van der Waals surface area contributed by atoms with Crippen LogP contribution < -0.4 is 10.0 Å². The Morgan fingerprint density at radius 3 is 2.68 bits per heavy atom. The highest BCUT2D eigenvalue weighted by Gasteiger charge is 2.19. The normalized spacial score (nSPS) is 11.7. The molecule has 28 heavy (non-hydrogen) atoms. The summed E-state index contributed by atoms with van der Waals surface area (Å²) in [6.07, 6.45) is 1.48. The van der Waals surface area contributed by atoms with Gasteiger partial charge in [0.1, 0.15) is 10.6 Å². The van der Waals surface area contributed by atoms with Crippen molar-refractivity contribution in [1.82, 2.24) is 9.71 Å². The van der Waals surface area contributed by atoms with E-state index in [2.05, 4.69) is 15.0 Å². The van der Waals surface area contributed by atoms with Crippen molar-refractivity contribution in [2.75, 3.05) is 5.32 Å². The maximum absolute atomic E-state index is 12.6. The number of furan rings is 1. The van der Waals surface area contributed by atoms with Gasteiger partial charge < -0.3 is 9.73 Å². The number of sulfonamides is 1. The maximum atomic E-state index is 12.6. The van der Waals surface area contributed by atoms with Gasteiger partial charge in [0, 0.05) is 11.6 Å². The number of anilines is 1. The van der Waals surface area contributed by atoms with Gasteiger partial charge in [-0.15, -0.1) is 11.3 Å². The summed E-state index contributed by atoms with van der Waals surface area (Å²) >= 11 is 1.35. The first-order valence-corrected chi connectivity index (χ1v) is 11.0. The molecule has 148 valence electrons. The molecule has 1 aromatic carbocycles. The van der Waals surface area contributed by atoms with Crippen LogP contribution in [-0.4, -0.2) is 19.3 Å². The lowest BCUT2D eigenvalue weighted by Crippen LogP contribution is -2.23. The summed E-state index contributed by atoms with van der Waals surface area (Å²) in [5.74, 6) is 0.439. The summed E-state index contributed by atoms with van der Waals surface area (Å²) in [4.78, 5) is 17.6. The SMILES string of the molecule is Cc1nc(C(C)C)sc1C(=O)Nc1cccc(S(=O)(=O)NCc2ccco2)c1. The zero-order valence-corrected chi connectivity index (χ0v) is 17.4. The Morgan fingerprint density at radius 1 is 1.25 bits per heavy atom. The second-order valence-corrected chi connectivity index (χ2v) is 9.30. The predicted molar refractivity (Wildman–Crippen MR) is 108 cm³/mol. The van der Waals surface area contributed by atoms with Crippen LogP contribution in [-0.2, 0) is 16.6 Å². The number of aryl methyl sites for hydroxylation is 1. The van der Waals surface area contributed by atoms with Crippen molar-refractivity contribution in [3.05, 3.63) is 64.0 Å². The van der Waals surface area contributed by atoms with Gasteiger partial charge in [-0.25, -0.2) is 18.1 Å². The van der Waals surface area contributed by atoms with Crippen molar-refractivity contribution >= 4 is 33.0 Å². The summed E-state index contributed by atoms with van der Waals surface area (Å²) in [6, 6.07) is 9.48. The van der Waals surface area contributed by atoms with Crippen molar-refractivity contribution in [1.29, 1.82) is 0 Å². The molecule has 0 aliphatic heterocycles. The third-order valence-corrected chi connectivity index (χ3v) is 6.79. The number of thiazole rings is 1. The van der Waals surface area contributed by atoms with Crippen LogP contribution >= 0.6 is 11.3 Å². The van der Waals surface area contributed by atoms with E-state index in [0.29, 0.717) is 22.0 Å². The maximum Gasteiger partial charge on any atom is 0.267 e. The van der Waals surface area contributed by atoms with Crippen LogP contribution in [0.4, 0.5) is 5.69 Å². The Hall–Kier alpha value is -2.49. The van der Waals surface area contributed by atoms with E-state index in [0.717, 1.165) is 5.01 Å². The van der Waals surface area contributed by atoms with Crippen LogP contribution in [0.1, 0.15) is 45.9 Å². The highest BCUT2D eigenvalue weighted by molar-refractivity contribution is 7.89. The molecule has 7 nitrogen and oxygen atoms in total. The molecule has 0 unspecified atom stereocenters. The predicted octanol–water partition coefficient (Wildman–Crippen LogP) is 3.90. The third-order valence-electron chi connectivity index (χ3n) is 3.93. The Labute approximate surface area is 167 Å². The number of nitrogens with zero attached hydrogens (tertiary/aromatic N) is 1. The van der Waals surface area contributed by atoms with Crippen molar-refractivity contribution in [3.63, 3.8) is 0 Å². The molecule has 3 rings (SSSR count). The van der Waals surface area contributed by atoms with E-state index in [9.17, 15) is 13.2 Å². The van der Waals surface area contributed by atoms with E-state index in [1.165, 1.54) is 29.7 Å². The van der Waals surface area contributed by atoms with E-state index in [-0.39, 0.29) is 23.3 Å². The van der Waals surface area contributed by atoms with Gasteiger partial charge in [-0.2, -0.15) is 0 Å². The minimum absolute atomic E-state index is 0.0456. The molecule has 0 saturated heterocycles. The second-order valence-electron chi connectivity index (χ2n) is 6.51. The molecule has 0 atom stereocenters. The van der Waals surface area contributed by atoms with E-state index in [4.69, 9.17) is 4.42 Å². The van der Waals surface area contributed by atoms with Crippen LogP contribution in [0, 0.1) is 6.92 Å². The molecule has 2 heterocycles. The van der Waals surface area contributed by atoms with Crippen LogP contribution in [0.15, 0.2) is 52.0 Å². The van der Waals surface area contributed by atoms with Gasteiger partial charge in [-0.1, -0.05) is 19.9 Å². The molecule has 0 aliphatic rings. The lowest BCUT2D eigenvalue weighted by Gasteiger charge is -2.08. The van der Waals surface area contributed by atoms with Gasteiger partial charge in [0.05, 0.1) is 28.4 Å². The Morgan fingerprint density at radius 2 is 2.04 bits per heavy atom. The van der Waals surface area contributed by atoms with Gasteiger partial charge in [0.25, 0.3) is 5.91 Å². The molecule has 2 aromatic heterocycles. The molecule has 3 aromatic rings. The minimum Gasteiger partial charge on any atom is -0.468 e. The van der Waals surface area contributed by atoms with Gasteiger partial charge in [0.15, 0.2) is 0 Å². The zero-order valence-electron chi connectivity index (χ0n) is 15.7. The summed E-state index contributed by atoms with van der Waals surface area (Å²) in [5.41, 5.74) is 1.06. The number of nitrogens with one attached hydrogen (secondary N) is 2. The minimum atomic E-state index is -3.75. The topological polar surface area (TPSA) is 101 Å². The molecule has 0 saturated carbocycles. The lowest BCUT2D eigenvalue weighted by molar-refractivity contribution is 0.102. The molecule has 0 radical (unpaired) electrons. The fourth-order valence-electron chi connectivity index (χ4n) is 2.47. The molecule has 0 bridgehead atoms. The summed E-state index contributed by atoms with van der Waals surface area (Å²) in [5, 5.41) is 3.64. The number of carbonyl (C=O) groups excluding carboxylic acids is 1. The van der Waals surface area contributed by atoms with E-state index >= 15 is 0 Å². The van der Waals surface area contributed by atoms with Crippen molar-refractivity contribution in [2.24, 2.45) is 0 Å². The highest BCUT2D eigenvalue weighted by atomic mass is 32.2.